The number of hydrogen-bond acceptors (Lipinski definition) is 4. The lowest BCUT2D eigenvalue weighted by Crippen LogP contribution is -2.17. The molecule has 128 valence electrons. The van der Waals surface area contributed by atoms with E-state index in [9.17, 15) is 18.0 Å². The van der Waals surface area contributed by atoms with Gasteiger partial charge in [0.25, 0.3) is 0 Å². The molecule has 1 amide bonds. The van der Waals surface area contributed by atoms with Gasteiger partial charge in [0.05, 0.1) is 17.6 Å². The molecule has 0 aliphatic rings. The Balaban J connectivity index is 1.68. The summed E-state index contributed by atoms with van der Waals surface area (Å²) in [4.78, 5) is 20.4. The van der Waals surface area contributed by atoms with Gasteiger partial charge in [-0.2, -0.15) is 0 Å². The van der Waals surface area contributed by atoms with Gasteiger partial charge in [0, 0.05) is 24.0 Å². The maximum Gasteiger partial charge on any atom is 0.573 e. The molecule has 25 heavy (non-hydrogen) atoms. The van der Waals surface area contributed by atoms with Crippen molar-refractivity contribution in [2.45, 2.75) is 12.8 Å². The van der Waals surface area contributed by atoms with Gasteiger partial charge in [-0.1, -0.05) is 12.1 Å². The van der Waals surface area contributed by atoms with Crippen molar-refractivity contribution in [3.63, 3.8) is 0 Å². The summed E-state index contributed by atoms with van der Waals surface area (Å²) in [7, 11) is 0. The smallest absolute Gasteiger partial charge is 0.406 e. The zero-order valence-electron chi connectivity index (χ0n) is 12.7. The number of carbonyl (C=O) groups is 1. The number of amides is 1. The summed E-state index contributed by atoms with van der Waals surface area (Å²) < 4.78 is 40.2. The van der Waals surface area contributed by atoms with Crippen LogP contribution in [-0.2, 0) is 11.2 Å². The normalized spacial score (nSPS) is 11.3. The molecular formula is C17H12F3N3O2. The van der Waals surface area contributed by atoms with Crippen molar-refractivity contribution in [2.24, 2.45) is 0 Å². The van der Waals surface area contributed by atoms with Crippen LogP contribution in [0.4, 0.5) is 18.9 Å². The van der Waals surface area contributed by atoms with E-state index in [2.05, 4.69) is 20.0 Å². The molecule has 0 unspecified atom stereocenters. The zero-order valence-corrected chi connectivity index (χ0v) is 12.7. The largest absolute Gasteiger partial charge is 0.573 e. The van der Waals surface area contributed by atoms with Crippen LogP contribution >= 0.6 is 0 Å². The Morgan fingerprint density at radius 2 is 1.84 bits per heavy atom. The average Bonchev–Trinajstić information content (AvgIpc) is 2.56. The molecule has 8 heteroatoms. The Hall–Kier alpha value is -3.16. The third-order valence-electron chi connectivity index (χ3n) is 3.34. The molecule has 0 saturated heterocycles. The number of benzene rings is 1. The lowest BCUT2D eigenvalue weighted by atomic mass is 10.1. The number of rotatable bonds is 4. The summed E-state index contributed by atoms with van der Waals surface area (Å²) in [5.74, 6) is -0.635. The van der Waals surface area contributed by atoms with Crippen molar-refractivity contribution in [1.29, 1.82) is 0 Å². The van der Waals surface area contributed by atoms with Crippen LogP contribution in [-0.4, -0.2) is 22.2 Å². The van der Waals surface area contributed by atoms with Crippen LogP contribution in [0.1, 0.15) is 5.56 Å². The van der Waals surface area contributed by atoms with Gasteiger partial charge in [-0.15, -0.1) is 13.2 Å². The molecule has 0 atom stereocenters. The predicted octanol–water partition coefficient (Wildman–Crippen LogP) is 3.71. The Bertz CT molecular complexity index is 890. The Kier molecular flexibility index (Phi) is 4.51. The van der Waals surface area contributed by atoms with Crippen molar-refractivity contribution >= 4 is 22.5 Å². The fourth-order valence-corrected chi connectivity index (χ4v) is 2.29. The maximum absolute atomic E-state index is 12.2. The van der Waals surface area contributed by atoms with Crippen LogP contribution in [0.15, 0.2) is 55.0 Å². The lowest BCUT2D eigenvalue weighted by Gasteiger charge is -2.10. The van der Waals surface area contributed by atoms with E-state index >= 15 is 0 Å². The van der Waals surface area contributed by atoms with E-state index in [1.54, 1.807) is 30.7 Å². The molecule has 3 aromatic rings. The highest BCUT2D eigenvalue weighted by Crippen LogP contribution is 2.23. The van der Waals surface area contributed by atoms with Gasteiger partial charge in [-0.25, -0.2) is 0 Å². The molecule has 0 radical (unpaired) electrons. The second-order valence-electron chi connectivity index (χ2n) is 5.17. The van der Waals surface area contributed by atoms with Crippen LogP contribution < -0.4 is 10.1 Å². The first-order valence-electron chi connectivity index (χ1n) is 7.24. The lowest BCUT2D eigenvalue weighted by molar-refractivity contribution is -0.274. The highest BCUT2D eigenvalue weighted by atomic mass is 19.4. The van der Waals surface area contributed by atoms with Crippen LogP contribution in [0, 0.1) is 0 Å². The molecule has 0 bridgehead atoms. The maximum atomic E-state index is 12.2. The van der Waals surface area contributed by atoms with E-state index in [1.807, 2.05) is 0 Å². The first-order chi connectivity index (χ1) is 11.9. The van der Waals surface area contributed by atoms with Crippen molar-refractivity contribution < 1.29 is 22.7 Å². The number of halogens is 3. The number of ether oxygens (including phenoxy) is 1. The summed E-state index contributed by atoms with van der Waals surface area (Å²) in [5.41, 5.74) is 1.82. The van der Waals surface area contributed by atoms with Gasteiger partial charge in [0.2, 0.25) is 5.91 Å². The molecule has 2 aromatic heterocycles. The number of fused-ring (bicyclic) bond motifs is 1. The van der Waals surface area contributed by atoms with Crippen molar-refractivity contribution in [3.05, 3.63) is 60.6 Å². The molecule has 1 aromatic carbocycles. The Morgan fingerprint density at radius 3 is 2.56 bits per heavy atom. The number of nitrogens with one attached hydrogen (secondary N) is 1. The Morgan fingerprint density at radius 1 is 1.08 bits per heavy atom. The van der Waals surface area contributed by atoms with E-state index in [4.69, 9.17) is 0 Å². The second kappa shape index (κ2) is 6.76. The summed E-state index contributed by atoms with van der Waals surface area (Å²) in [6.07, 6.45) is 0.0413. The number of anilines is 1. The first-order valence-corrected chi connectivity index (χ1v) is 7.24. The van der Waals surface area contributed by atoms with Gasteiger partial charge < -0.3 is 10.1 Å². The number of pyridine rings is 2. The Labute approximate surface area is 140 Å². The quantitative estimate of drug-likeness (QED) is 0.781. The molecule has 1 N–H and O–H groups in total. The molecule has 0 saturated carbocycles. The zero-order chi connectivity index (χ0) is 17.9. The molecule has 0 fully saturated rings. The van der Waals surface area contributed by atoms with Crippen LogP contribution in [0.3, 0.4) is 0 Å². The highest BCUT2D eigenvalue weighted by Gasteiger charge is 2.30. The van der Waals surface area contributed by atoms with Crippen LogP contribution in [0.2, 0.25) is 0 Å². The molecule has 2 heterocycles. The van der Waals surface area contributed by atoms with E-state index in [1.165, 1.54) is 24.3 Å². The SMILES string of the molecule is O=C(Cc1ccc(OC(F)(F)F)cc1)Nc1ccnc2ccncc12. The number of aromatic nitrogens is 2. The number of hydrogen-bond donors (Lipinski definition) is 1. The van der Waals surface area contributed by atoms with E-state index in [0.29, 0.717) is 22.2 Å². The highest BCUT2D eigenvalue weighted by molar-refractivity contribution is 6.01. The number of alkyl halides is 3. The summed E-state index contributed by atoms with van der Waals surface area (Å²) >= 11 is 0. The minimum absolute atomic E-state index is 0.0103. The van der Waals surface area contributed by atoms with Gasteiger partial charge in [-0.05, 0) is 29.8 Å². The van der Waals surface area contributed by atoms with E-state index < -0.39 is 6.36 Å². The van der Waals surface area contributed by atoms with Gasteiger partial charge in [-0.3, -0.25) is 14.8 Å². The summed E-state index contributed by atoms with van der Waals surface area (Å²) in [6.45, 7) is 0. The standard InChI is InChI=1S/C17H12F3N3O2/c18-17(19,20)25-12-3-1-11(2-4-12)9-16(24)23-15-6-8-22-14-5-7-21-10-13(14)15/h1-8,10H,9H2,(H,22,23,24). The third-order valence-corrected chi connectivity index (χ3v) is 3.34. The minimum Gasteiger partial charge on any atom is -0.406 e. The van der Waals surface area contributed by atoms with Crippen molar-refractivity contribution in [1.82, 2.24) is 9.97 Å². The minimum atomic E-state index is -4.74. The van der Waals surface area contributed by atoms with E-state index in [0.717, 1.165) is 0 Å². The molecule has 0 aliphatic carbocycles. The first kappa shape index (κ1) is 16.7. The third kappa shape index (κ3) is 4.43. The average molecular weight is 347 g/mol. The fourth-order valence-electron chi connectivity index (χ4n) is 2.29. The predicted molar refractivity (Wildman–Crippen MR) is 85.0 cm³/mol. The topological polar surface area (TPSA) is 64.1 Å². The van der Waals surface area contributed by atoms with E-state index in [-0.39, 0.29) is 18.1 Å². The molecule has 0 aliphatic heterocycles. The van der Waals surface area contributed by atoms with Crippen molar-refractivity contribution in [2.75, 3.05) is 5.32 Å². The molecule has 5 nitrogen and oxygen atoms in total. The van der Waals surface area contributed by atoms with Gasteiger partial charge >= 0.3 is 6.36 Å². The monoisotopic (exact) mass is 347 g/mol. The van der Waals surface area contributed by atoms with Crippen LogP contribution in [0.5, 0.6) is 5.75 Å². The molecular weight excluding hydrogens is 335 g/mol. The van der Waals surface area contributed by atoms with Gasteiger partial charge in [0.1, 0.15) is 5.75 Å². The molecule has 3 rings (SSSR count). The fraction of sp³-hybridized carbons (Fsp3) is 0.118. The summed E-state index contributed by atoms with van der Waals surface area (Å²) in [5, 5.41) is 3.46. The second-order valence-corrected chi connectivity index (χ2v) is 5.17. The van der Waals surface area contributed by atoms with Crippen molar-refractivity contribution in [3.8, 4) is 5.75 Å². The number of carbonyl (C=O) groups excluding carboxylic acids is 1. The summed E-state index contributed by atoms with van der Waals surface area (Å²) in [6, 6.07) is 8.54. The number of nitrogens with zero attached hydrogens (tertiary/aromatic N) is 2. The van der Waals surface area contributed by atoms with Crippen LogP contribution in [0.25, 0.3) is 10.9 Å². The molecule has 0 spiro atoms. The van der Waals surface area contributed by atoms with Gasteiger partial charge in [0.15, 0.2) is 0 Å².